The van der Waals surface area contributed by atoms with Crippen molar-refractivity contribution in [1.29, 1.82) is 0 Å². The molecule has 0 rings (SSSR count). The Morgan fingerprint density at radius 2 is 1.26 bits per heavy atom. The van der Waals surface area contributed by atoms with Crippen molar-refractivity contribution >= 4 is 0 Å². The third kappa shape index (κ3) is 13.9. The second-order valence-electron chi connectivity index (χ2n) is 7.88. The summed E-state index contributed by atoms with van der Waals surface area (Å²) in [6.45, 7) is 16.7. The molecule has 0 aliphatic rings. The molecule has 3 heteroatoms. The minimum Gasteiger partial charge on any atom is -0.171 e. The van der Waals surface area contributed by atoms with Crippen molar-refractivity contribution in [2.24, 2.45) is 29.6 Å². The fourth-order valence-electron chi connectivity index (χ4n) is 2.51. The quantitative estimate of drug-likeness (QED) is 0.398. The number of hydrogen-bond donors (Lipinski definition) is 0. The standard InChI is InChI=1S/C16H31F3.C4H10/c1-11(2)8-7-9-15(16(17,18)19)10-13(5)14(6)12(3)4;1-3-4-2/h11-15H,7-10H2,1-6H3;3-4H2,1-2H3/t13?,14?,15-;/m1./s1. The molecule has 0 fully saturated rings. The summed E-state index contributed by atoms with van der Waals surface area (Å²) < 4.78 is 39.2. The Morgan fingerprint density at radius 1 is 0.783 bits per heavy atom. The maximum atomic E-state index is 13.1. The highest BCUT2D eigenvalue weighted by molar-refractivity contribution is 4.75. The lowest BCUT2D eigenvalue weighted by molar-refractivity contribution is -0.182. The van der Waals surface area contributed by atoms with E-state index in [1.165, 1.54) is 12.8 Å². The van der Waals surface area contributed by atoms with E-state index in [2.05, 4.69) is 48.5 Å². The first kappa shape index (κ1) is 25.0. The van der Waals surface area contributed by atoms with Gasteiger partial charge in [0.2, 0.25) is 0 Å². The maximum absolute atomic E-state index is 13.1. The summed E-state index contributed by atoms with van der Waals surface area (Å²) in [6.07, 6.45) is 0.741. The number of alkyl halides is 3. The first-order chi connectivity index (χ1) is 10.5. The average molecular weight is 339 g/mol. The molecule has 0 aliphatic heterocycles. The molecule has 0 spiro atoms. The molecule has 0 aromatic carbocycles. The highest BCUT2D eigenvalue weighted by Gasteiger charge is 2.40. The lowest BCUT2D eigenvalue weighted by Crippen LogP contribution is -2.27. The molecule has 0 heterocycles. The normalized spacial score (nSPS) is 16.0. The van der Waals surface area contributed by atoms with Gasteiger partial charge in [-0.3, -0.25) is 0 Å². The number of unbranched alkanes of at least 4 members (excludes halogenated alkanes) is 1. The average Bonchev–Trinajstić information content (AvgIpc) is 2.43. The first-order valence-corrected chi connectivity index (χ1v) is 9.53. The zero-order valence-corrected chi connectivity index (χ0v) is 16.8. The smallest absolute Gasteiger partial charge is 0.171 e. The second kappa shape index (κ2) is 13.1. The summed E-state index contributed by atoms with van der Waals surface area (Å²) in [4.78, 5) is 0. The van der Waals surface area contributed by atoms with Gasteiger partial charge in [-0.2, -0.15) is 13.2 Å². The molecular formula is C20H41F3. The second-order valence-corrected chi connectivity index (χ2v) is 7.88. The molecule has 0 aromatic rings. The molecule has 0 N–H and O–H groups in total. The minimum atomic E-state index is -4.04. The van der Waals surface area contributed by atoms with Crippen molar-refractivity contribution in [3.8, 4) is 0 Å². The van der Waals surface area contributed by atoms with Crippen molar-refractivity contribution in [1.82, 2.24) is 0 Å². The summed E-state index contributed by atoms with van der Waals surface area (Å²) in [6, 6.07) is 0. The Morgan fingerprint density at radius 3 is 1.57 bits per heavy atom. The highest BCUT2D eigenvalue weighted by Crippen LogP contribution is 2.38. The Balaban J connectivity index is 0. The SMILES string of the molecule is CC(C)CCC[C@H](CC(C)C(C)C(C)C)C(F)(F)F.CCCC. The molecule has 0 saturated heterocycles. The van der Waals surface area contributed by atoms with Gasteiger partial charge in [-0.25, -0.2) is 0 Å². The van der Waals surface area contributed by atoms with Crippen LogP contribution in [0.5, 0.6) is 0 Å². The molecule has 2 unspecified atom stereocenters. The summed E-state index contributed by atoms with van der Waals surface area (Å²) >= 11 is 0. The van der Waals surface area contributed by atoms with E-state index < -0.39 is 12.1 Å². The Labute approximate surface area is 143 Å². The van der Waals surface area contributed by atoms with Crippen LogP contribution in [-0.2, 0) is 0 Å². The van der Waals surface area contributed by atoms with Gasteiger partial charge in [-0.1, -0.05) is 81.1 Å². The molecule has 0 saturated carbocycles. The van der Waals surface area contributed by atoms with Gasteiger partial charge in [0.05, 0.1) is 5.92 Å². The first-order valence-electron chi connectivity index (χ1n) is 9.53. The molecule has 23 heavy (non-hydrogen) atoms. The maximum Gasteiger partial charge on any atom is 0.391 e. The molecule has 0 bridgehead atoms. The van der Waals surface area contributed by atoms with Crippen LogP contribution in [0.2, 0.25) is 0 Å². The molecule has 0 aromatic heterocycles. The van der Waals surface area contributed by atoms with Crippen molar-refractivity contribution in [3.63, 3.8) is 0 Å². The van der Waals surface area contributed by atoms with Crippen LogP contribution in [0.1, 0.15) is 93.9 Å². The summed E-state index contributed by atoms with van der Waals surface area (Å²) in [5.41, 5.74) is 0. The number of halogens is 3. The zero-order valence-electron chi connectivity index (χ0n) is 16.8. The van der Waals surface area contributed by atoms with Crippen molar-refractivity contribution in [2.75, 3.05) is 0 Å². The Kier molecular flexibility index (Phi) is 14.3. The lowest BCUT2D eigenvalue weighted by atomic mass is 9.79. The molecule has 0 aliphatic carbocycles. The van der Waals surface area contributed by atoms with Gasteiger partial charge >= 0.3 is 6.18 Å². The lowest BCUT2D eigenvalue weighted by Gasteiger charge is -2.29. The molecule has 0 amide bonds. The summed E-state index contributed by atoms with van der Waals surface area (Å²) in [5.74, 6) is 0.281. The van der Waals surface area contributed by atoms with Gasteiger partial charge in [0.25, 0.3) is 0 Å². The number of rotatable bonds is 9. The van der Waals surface area contributed by atoms with Crippen LogP contribution in [0, 0.1) is 29.6 Å². The molecule has 0 nitrogen and oxygen atoms in total. The van der Waals surface area contributed by atoms with Gasteiger partial charge in [0.1, 0.15) is 0 Å². The molecule has 0 radical (unpaired) electrons. The predicted molar refractivity (Wildman–Crippen MR) is 96.6 cm³/mol. The summed E-state index contributed by atoms with van der Waals surface area (Å²) in [7, 11) is 0. The van der Waals surface area contributed by atoms with E-state index in [1.807, 2.05) is 6.92 Å². The minimum absolute atomic E-state index is 0.130. The van der Waals surface area contributed by atoms with Gasteiger partial charge in [-0.05, 0) is 36.5 Å². The van der Waals surface area contributed by atoms with Crippen LogP contribution in [-0.4, -0.2) is 6.18 Å². The van der Waals surface area contributed by atoms with Crippen LogP contribution in [0.4, 0.5) is 13.2 Å². The molecule has 142 valence electrons. The largest absolute Gasteiger partial charge is 0.391 e. The summed E-state index contributed by atoms with van der Waals surface area (Å²) in [5, 5.41) is 0. The van der Waals surface area contributed by atoms with Gasteiger partial charge < -0.3 is 0 Å². The third-order valence-electron chi connectivity index (χ3n) is 4.90. The van der Waals surface area contributed by atoms with E-state index in [1.54, 1.807) is 0 Å². The van der Waals surface area contributed by atoms with Crippen LogP contribution in [0.15, 0.2) is 0 Å². The predicted octanol–water partition coefficient (Wildman–Crippen LogP) is 8.12. The van der Waals surface area contributed by atoms with Crippen molar-refractivity contribution in [2.45, 2.75) is 100 Å². The van der Waals surface area contributed by atoms with E-state index >= 15 is 0 Å². The number of hydrogen-bond acceptors (Lipinski definition) is 0. The van der Waals surface area contributed by atoms with Gasteiger partial charge in [0.15, 0.2) is 0 Å². The van der Waals surface area contributed by atoms with Crippen molar-refractivity contribution < 1.29 is 13.2 Å². The van der Waals surface area contributed by atoms with E-state index in [-0.39, 0.29) is 18.8 Å². The van der Waals surface area contributed by atoms with E-state index in [4.69, 9.17) is 0 Å². The molecular weight excluding hydrogens is 297 g/mol. The van der Waals surface area contributed by atoms with Crippen LogP contribution in [0.25, 0.3) is 0 Å². The monoisotopic (exact) mass is 338 g/mol. The highest BCUT2D eigenvalue weighted by atomic mass is 19.4. The van der Waals surface area contributed by atoms with Gasteiger partial charge in [-0.15, -0.1) is 0 Å². The molecule has 3 atom stereocenters. The van der Waals surface area contributed by atoms with Gasteiger partial charge in [0, 0.05) is 0 Å². The fraction of sp³-hybridized carbons (Fsp3) is 1.00. The van der Waals surface area contributed by atoms with Crippen molar-refractivity contribution in [3.05, 3.63) is 0 Å². The zero-order chi connectivity index (χ0) is 18.6. The van der Waals surface area contributed by atoms with E-state index in [0.717, 1.165) is 6.42 Å². The Hall–Kier alpha value is -0.210. The Bertz CT molecular complexity index is 254. The topological polar surface area (TPSA) is 0 Å². The van der Waals surface area contributed by atoms with Crippen LogP contribution in [0.3, 0.4) is 0 Å². The van der Waals surface area contributed by atoms with E-state index in [0.29, 0.717) is 24.2 Å². The fourth-order valence-corrected chi connectivity index (χ4v) is 2.51. The van der Waals surface area contributed by atoms with E-state index in [9.17, 15) is 13.2 Å². The van der Waals surface area contributed by atoms with Crippen LogP contribution < -0.4 is 0 Å². The van der Waals surface area contributed by atoms with Crippen LogP contribution >= 0.6 is 0 Å². The third-order valence-corrected chi connectivity index (χ3v) is 4.90.